The highest BCUT2D eigenvalue weighted by Crippen LogP contribution is 2.26. The predicted molar refractivity (Wildman–Crippen MR) is 77.8 cm³/mol. The Morgan fingerprint density at radius 2 is 2.00 bits per heavy atom. The fourth-order valence-corrected chi connectivity index (χ4v) is 3.46. The van der Waals surface area contributed by atoms with Gasteiger partial charge in [0, 0.05) is 18.5 Å². The van der Waals surface area contributed by atoms with Crippen molar-refractivity contribution in [3.05, 3.63) is 34.9 Å². The zero-order chi connectivity index (χ0) is 14.1. The Labute approximate surface area is 120 Å². The summed E-state index contributed by atoms with van der Waals surface area (Å²) >= 11 is 0. The quantitative estimate of drug-likeness (QED) is 0.793. The first-order valence-corrected chi connectivity index (χ1v) is 7.66. The highest BCUT2D eigenvalue weighted by Gasteiger charge is 2.33. The summed E-state index contributed by atoms with van der Waals surface area (Å²) < 4.78 is 0. The highest BCUT2D eigenvalue weighted by atomic mass is 16.2. The maximum absolute atomic E-state index is 12.7. The van der Waals surface area contributed by atoms with Crippen LogP contribution in [0.3, 0.4) is 0 Å². The van der Waals surface area contributed by atoms with Gasteiger partial charge >= 0.3 is 0 Å². The first-order valence-electron chi connectivity index (χ1n) is 7.66. The van der Waals surface area contributed by atoms with Crippen LogP contribution in [0.15, 0.2) is 18.2 Å². The molecule has 3 rings (SSSR count). The molecule has 1 heterocycles. The van der Waals surface area contributed by atoms with E-state index in [-0.39, 0.29) is 17.7 Å². The van der Waals surface area contributed by atoms with Gasteiger partial charge in [-0.25, -0.2) is 0 Å². The molecule has 1 amide bonds. The van der Waals surface area contributed by atoms with Crippen molar-refractivity contribution in [2.45, 2.75) is 51.5 Å². The summed E-state index contributed by atoms with van der Waals surface area (Å²) in [6.45, 7) is 2.59. The molecule has 1 aromatic rings. The van der Waals surface area contributed by atoms with E-state index in [9.17, 15) is 9.59 Å². The predicted octanol–water partition coefficient (Wildman–Crippen LogP) is 2.76. The minimum atomic E-state index is -0.234. The summed E-state index contributed by atoms with van der Waals surface area (Å²) in [6, 6.07) is 5.86. The van der Waals surface area contributed by atoms with E-state index in [1.165, 1.54) is 17.5 Å². The number of rotatable bonds is 3. The van der Waals surface area contributed by atoms with Crippen molar-refractivity contribution >= 4 is 11.7 Å². The second kappa shape index (κ2) is 5.39. The van der Waals surface area contributed by atoms with E-state index in [0.29, 0.717) is 6.42 Å². The van der Waals surface area contributed by atoms with Gasteiger partial charge in [0.2, 0.25) is 5.91 Å². The van der Waals surface area contributed by atoms with Crippen LogP contribution in [0.1, 0.15) is 54.1 Å². The van der Waals surface area contributed by atoms with Crippen molar-refractivity contribution in [2.24, 2.45) is 0 Å². The number of ketones is 1. The second-order valence-electron chi connectivity index (χ2n) is 5.80. The van der Waals surface area contributed by atoms with Crippen LogP contribution in [0.5, 0.6) is 0 Å². The molecular weight excluding hydrogens is 250 g/mol. The van der Waals surface area contributed by atoms with E-state index in [1.54, 1.807) is 4.90 Å². The van der Waals surface area contributed by atoms with Crippen molar-refractivity contribution in [1.29, 1.82) is 0 Å². The van der Waals surface area contributed by atoms with Crippen LogP contribution >= 0.6 is 0 Å². The molecular formula is C17H21NO2. The lowest BCUT2D eigenvalue weighted by Crippen LogP contribution is -2.40. The maximum Gasteiger partial charge on any atom is 0.222 e. The largest absolute Gasteiger partial charge is 0.332 e. The lowest BCUT2D eigenvalue weighted by Gasteiger charge is -2.23. The average Bonchev–Trinajstić information content (AvgIpc) is 3.13. The molecule has 3 heteroatoms. The zero-order valence-electron chi connectivity index (χ0n) is 12.0. The van der Waals surface area contributed by atoms with Gasteiger partial charge in [0.25, 0.3) is 0 Å². The summed E-state index contributed by atoms with van der Waals surface area (Å²) in [5.74, 6) is 0.223. The summed E-state index contributed by atoms with van der Waals surface area (Å²) in [7, 11) is 0. The molecule has 1 aliphatic heterocycles. The molecule has 1 aliphatic carbocycles. The molecule has 0 radical (unpaired) electrons. The van der Waals surface area contributed by atoms with Crippen molar-refractivity contribution in [3.63, 3.8) is 0 Å². The third-order valence-corrected chi connectivity index (χ3v) is 4.56. The SMILES string of the molecule is CCC(=O)N1CCCC1C(=O)c1ccc2c(c1)CCC2. The summed E-state index contributed by atoms with van der Waals surface area (Å²) in [4.78, 5) is 26.4. The van der Waals surface area contributed by atoms with E-state index in [4.69, 9.17) is 0 Å². The molecule has 0 saturated carbocycles. The number of likely N-dealkylation sites (tertiary alicyclic amines) is 1. The van der Waals surface area contributed by atoms with Gasteiger partial charge in [-0.05, 0) is 49.3 Å². The van der Waals surface area contributed by atoms with Gasteiger partial charge in [0.1, 0.15) is 0 Å². The number of amides is 1. The minimum Gasteiger partial charge on any atom is -0.332 e. The number of Topliss-reactive ketones (excluding diaryl/α,β-unsaturated/α-hetero) is 1. The maximum atomic E-state index is 12.7. The fourth-order valence-electron chi connectivity index (χ4n) is 3.46. The van der Waals surface area contributed by atoms with Crippen LogP contribution in [-0.2, 0) is 17.6 Å². The number of aryl methyl sites for hydroxylation is 2. The number of hydrogen-bond donors (Lipinski definition) is 0. The fraction of sp³-hybridized carbons (Fsp3) is 0.529. The molecule has 1 aromatic carbocycles. The molecule has 1 saturated heterocycles. The van der Waals surface area contributed by atoms with E-state index >= 15 is 0 Å². The normalized spacial score (nSPS) is 21.1. The van der Waals surface area contributed by atoms with Gasteiger partial charge in [-0.15, -0.1) is 0 Å². The molecule has 1 atom stereocenters. The Hall–Kier alpha value is -1.64. The lowest BCUT2D eigenvalue weighted by atomic mass is 9.98. The van der Waals surface area contributed by atoms with Crippen molar-refractivity contribution in [2.75, 3.05) is 6.54 Å². The van der Waals surface area contributed by atoms with Crippen LogP contribution in [0, 0.1) is 0 Å². The molecule has 0 bridgehead atoms. The summed E-state index contributed by atoms with van der Waals surface area (Å²) in [5.41, 5.74) is 3.49. The van der Waals surface area contributed by atoms with E-state index in [1.807, 2.05) is 13.0 Å². The molecule has 0 N–H and O–H groups in total. The van der Waals surface area contributed by atoms with E-state index in [0.717, 1.165) is 37.8 Å². The lowest BCUT2D eigenvalue weighted by molar-refractivity contribution is -0.131. The Kier molecular flexibility index (Phi) is 3.60. The number of nitrogens with zero attached hydrogens (tertiary/aromatic N) is 1. The van der Waals surface area contributed by atoms with E-state index in [2.05, 4.69) is 12.1 Å². The molecule has 1 unspecified atom stereocenters. The number of benzene rings is 1. The van der Waals surface area contributed by atoms with Gasteiger partial charge in [-0.3, -0.25) is 9.59 Å². The third-order valence-electron chi connectivity index (χ3n) is 4.56. The zero-order valence-corrected chi connectivity index (χ0v) is 12.0. The molecule has 0 aromatic heterocycles. The molecule has 106 valence electrons. The molecule has 2 aliphatic rings. The standard InChI is InChI=1S/C17H21NO2/c1-2-16(19)18-10-4-7-15(18)17(20)14-9-8-12-5-3-6-13(12)11-14/h8-9,11,15H,2-7,10H2,1H3. The Balaban J connectivity index is 1.83. The third kappa shape index (κ3) is 2.26. The van der Waals surface area contributed by atoms with Crippen LogP contribution in [0.25, 0.3) is 0 Å². The molecule has 1 fully saturated rings. The summed E-state index contributed by atoms with van der Waals surface area (Å²) in [6.07, 6.45) is 5.63. The Bertz CT molecular complexity index is 550. The van der Waals surface area contributed by atoms with Crippen molar-refractivity contribution in [3.8, 4) is 0 Å². The van der Waals surface area contributed by atoms with Gasteiger partial charge < -0.3 is 4.90 Å². The van der Waals surface area contributed by atoms with E-state index < -0.39 is 0 Å². The van der Waals surface area contributed by atoms with Crippen LogP contribution in [-0.4, -0.2) is 29.2 Å². The summed E-state index contributed by atoms with van der Waals surface area (Å²) in [5, 5.41) is 0. The first kappa shape index (κ1) is 13.3. The van der Waals surface area contributed by atoms with Crippen molar-refractivity contribution < 1.29 is 9.59 Å². The number of hydrogen-bond acceptors (Lipinski definition) is 2. The molecule has 3 nitrogen and oxygen atoms in total. The van der Waals surface area contributed by atoms with Gasteiger partial charge in [-0.1, -0.05) is 19.1 Å². The van der Waals surface area contributed by atoms with Crippen LogP contribution in [0.2, 0.25) is 0 Å². The number of carbonyl (C=O) groups excluding carboxylic acids is 2. The van der Waals surface area contributed by atoms with Gasteiger partial charge in [0.15, 0.2) is 5.78 Å². The minimum absolute atomic E-state index is 0.0991. The smallest absolute Gasteiger partial charge is 0.222 e. The first-order chi connectivity index (χ1) is 9.70. The molecule has 20 heavy (non-hydrogen) atoms. The Morgan fingerprint density at radius 3 is 2.80 bits per heavy atom. The van der Waals surface area contributed by atoms with Crippen molar-refractivity contribution in [1.82, 2.24) is 4.90 Å². The van der Waals surface area contributed by atoms with Crippen LogP contribution < -0.4 is 0 Å². The second-order valence-corrected chi connectivity index (χ2v) is 5.80. The topological polar surface area (TPSA) is 37.4 Å². The van der Waals surface area contributed by atoms with Gasteiger partial charge in [-0.2, -0.15) is 0 Å². The van der Waals surface area contributed by atoms with Gasteiger partial charge in [0.05, 0.1) is 6.04 Å². The Morgan fingerprint density at radius 1 is 1.20 bits per heavy atom. The number of fused-ring (bicyclic) bond motifs is 1. The highest BCUT2D eigenvalue weighted by molar-refractivity contribution is 6.02. The monoisotopic (exact) mass is 271 g/mol. The van der Waals surface area contributed by atoms with Crippen LogP contribution in [0.4, 0.5) is 0 Å². The number of carbonyl (C=O) groups is 2. The molecule has 0 spiro atoms. The average molecular weight is 271 g/mol.